The van der Waals surface area contributed by atoms with E-state index < -0.39 is 29.6 Å². The Hall–Kier alpha value is -2.50. The first-order chi connectivity index (χ1) is 9.47. The van der Waals surface area contributed by atoms with Crippen LogP contribution >= 0.6 is 0 Å². The van der Waals surface area contributed by atoms with E-state index in [0.29, 0.717) is 6.29 Å². The monoisotopic (exact) mass is 275 g/mol. The number of carboxylic acid groups (broad SMARTS) is 1. The SMILES string of the molecule is CC(C=O)C(CN1C(=O)c2ccccc2C1=O)C(=O)O. The number of amides is 2. The number of nitrogens with zero attached hydrogens (tertiary/aromatic N) is 1. The summed E-state index contributed by atoms with van der Waals surface area (Å²) < 4.78 is 0. The number of aliphatic carboxylic acids is 1. The van der Waals surface area contributed by atoms with Gasteiger partial charge in [0.2, 0.25) is 0 Å². The van der Waals surface area contributed by atoms with E-state index in [1.807, 2.05) is 0 Å². The summed E-state index contributed by atoms with van der Waals surface area (Å²) in [5.41, 5.74) is 0.529. The Kier molecular flexibility index (Phi) is 3.65. The van der Waals surface area contributed by atoms with E-state index in [-0.39, 0.29) is 17.7 Å². The average molecular weight is 275 g/mol. The highest BCUT2D eigenvalue weighted by atomic mass is 16.4. The molecule has 2 rings (SSSR count). The number of carbonyl (C=O) groups excluding carboxylic acids is 3. The Morgan fingerprint density at radius 3 is 2.15 bits per heavy atom. The lowest BCUT2D eigenvalue weighted by molar-refractivity contribution is -0.145. The highest BCUT2D eigenvalue weighted by molar-refractivity contribution is 6.21. The Bertz CT molecular complexity index is 560. The van der Waals surface area contributed by atoms with Gasteiger partial charge in [0.1, 0.15) is 6.29 Å². The fraction of sp³-hybridized carbons (Fsp3) is 0.286. The van der Waals surface area contributed by atoms with E-state index in [1.54, 1.807) is 12.1 Å². The molecular weight excluding hydrogens is 262 g/mol. The first-order valence-electron chi connectivity index (χ1n) is 6.10. The summed E-state index contributed by atoms with van der Waals surface area (Å²) >= 11 is 0. The molecule has 2 unspecified atom stereocenters. The maximum Gasteiger partial charge on any atom is 0.309 e. The Morgan fingerprint density at radius 2 is 1.75 bits per heavy atom. The van der Waals surface area contributed by atoms with Crippen molar-refractivity contribution in [3.05, 3.63) is 35.4 Å². The van der Waals surface area contributed by atoms with Crippen LogP contribution < -0.4 is 0 Å². The second-order valence-electron chi connectivity index (χ2n) is 4.71. The number of carbonyl (C=O) groups is 4. The van der Waals surface area contributed by atoms with E-state index in [4.69, 9.17) is 5.11 Å². The van der Waals surface area contributed by atoms with Gasteiger partial charge in [-0.05, 0) is 12.1 Å². The molecule has 2 atom stereocenters. The van der Waals surface area contributed by atoms with Gasteiger partial charge in [-0.2, -0.15) is 0 Å². The third-order valence-corrected chi connectivity index (χ3v) is 3.42. The summed E-state index contributed by atoms with van der Waals surface area (Å²) in [7, 11) is 0. The normalized spacial score (nSPS) is 16.8. The van der Waals surface area contributed by atoms with Crippen LogP contribution in [0.3, 0.4) is 0 Å². The first-order valence-corrected chi connectivity index (χ1v) is 6.10. The Balaban J connectivity index is 2.27. The zero-order valence-electron chi connectivity index (χ0n) is 10.8. The highest BCUT2D eigenvalue weighted by Crippen LogP contribution is 2.24. The van der Waals surface area contributed by atoms with Gasteiger partial charge in [0.15, 0.2) is 0 Å². The molecule has 0 aliphatic carbocycles. The van der Waals surface area contributed by atoms with E-state index in [2.05, 4.69) is 0 Å². The van der Waals surface area contributed by atoms with Crippen LogP contribution in [0.2, 0.25) is 0 Å². The van der Waals surface area contributed by atoms with E-state index in [0.717, 1.165) is 4.90 Å². The van der Waals surface area contributed by atoms with Crippen LogP contribution in [-0.2, 0) is 9.59 Å². The maximum absolute atomic E-state index is 12.1. The topological polar surface area (TPSA) is 91.8 Å². The quantitative estimate of drug-likeness (QED) is 0.634. The van der Waals surface area contributed by atoms with Gasteiger partial charge in [-0.15, -0.1) is 0 Å². The summed E-state index contributed by atoms with van der Waals surface area (Å²) in [6.45, 7) is 1.14. The Labute approximate surface area is 115 Å². The summed E-state index contributed by atoms with van der Waals surface area (Å²) in [6.07, 6.45) is 0.511. The predicted octanol–water partition coefficient (Wildman–Crippen LogP) is 0.818. The molecule has 0 fully saturated rings. The molecule has 0 aromatic heterocycles. The highest BCUT2D eigenvalue weighted by Gasteiger charge is 2.39. The molecule has 2 amide bonds. The molecule has 0 radical (unpaired) electrons. The molecule has 1 N–H and O–H groups in total. The van der Waals surface area contributed by atoms with Gasteiger partial charge in [-0.3, -0.25) is 19.3 Å². The molecule has 104 valence electrons. The zero-order valence-corrected chi connectivity index (χ0v) is 10.8. The predicted molar refractivity (Wildman–Crippen MR) is 68.2 cm³/mol. The smallest absolute Gasteiger partial charge is 0.309 e. The molecule has 0 bridgehead atoms. The number of hydrogen-bond donors (Lipinski definition) is 1. The van der Waals surface area contributed by atoms with Crippen molar-refractivity contribution < 1.29 is 24.3 Å². The second kappa shape index (κ2) is 5.24. The van der Waals surface area contributed by atoms with Gasteiger partial charge in [0.05, 0.1) is 17.0 Å². The van der Waals surface area contributed by atoms with Crippen LogP contribution in [0.15, 0.2) is 24.3 Å². The van der Waals surface area contributed by atoms with Crippen molar-refractivity contribution in [2.24, 2.45) is 11.8 Å². The van der Waals surface area contributed by atoms with Crippen molar-refractivity contribution in [3.63, 3.8) is 0 Å². The van der Waals surface area contributed by atoms with Crippen molar-refractivity contribution in [3.8, 4) is 0 Å². The molecule has 1 aliphatic rings. The van der Waals surface area contributed by atoms with E-state index in [1.165, 1.54) is 19.1 Å². The van der Waals surface area contributed by atoms with Gasteiger partial charge >= 0.3 is 5.97 Å². The molecule has 20 heavy (non-hydrogen) atoms. The number of fused-ring (bicyclic) bond motifs is 1. The molecule has 1 aromatic carbocycles. The van der Waals surface area contributed by atoms with Gasteiger partial charge in [0, 0.05) is 12.5 Å². The fourth-order valence-electron chi connectivity index (χ4n) is 2.17. The van der Waals surface area contributed by atoms with Crippen LogP contribution in [-0.4, -0.2) is 40.6 Å². The standard InChI is InChI=1S/C14H13NO5/c1-8(7-16)11(14(19)20)6-15-12(17)9-4-2-3-5-10(9)13(15)18/h2-5,7-8,11H,6H2,1H3,(H,19,20). The van der Waals surface area contributed by atoms with Crippen LogP contribution in [0, 0.1) is 11.8 Å². The largest absolute Gasteiger partial charge is 0.481 e. The minimum absolute atomic E-state index is 0.264. The molecule has 1 aromatic rings. The van der Waals surface area contributed by atoms with Crippen LogP contribution in [0.25, 0.3) is 0 Å². The number of carboxylic acids is 1. The molecule has 6 heteroatoms. The molecule has 0 spiro atoms. The first kappa shape index (κ1) is 13.9. The van der Waals surface area contributed by atoms with Crippen LogP contribution in [0.1, 0.15) is 27.6 Å². The molecule has 1 aliphatic heterocycles. The molecular formula is C14H13NO5. The minimum atomic E-state index is -1.21. The van der Waals surface area contributed by atoms with E-state index in [9.17, 15) is 19.2 Å². The second-order valence-corrected chi connectivity index (χ2v) is 4.71. The number of benzene rings is 1. The lowest BCUT2D eigenvalue weighted by Crippen LogP contribution is -2.40. The summed E-state index contributed by atoms with van der Waals surface area (Å²) in [5.74, 6) is -4.13. The number of rotatable bonds is 5. The molecule has 1 heterocycles. The summed E-state index contributed by atoms with van der Waals surface area (Å²) in [6, 6.07) is 6.31. The maximum atomic E-state index is 12.1. The third-order valence-electron chi connectivity index (χ3n) is 3.42. The lowest BCUT2D eigenvalue weighted by atomic mass is 9.95. The fourth-order valence-corrected chi connectivity index (χ4v) is 2.17. The average Bonchev–Trinajstić information content (AvgIpc) is 2.68. The zero-order chi connectivity index (χ0) is 14.9. The Morgan fingerprint density at radius 1 is 1.25 bits per heavy atom. The number of hydrogen-bond acceptors (Lipinski definition) is 4. The van der Waals surface area contributed by atoms with Crippen molar-refractivity contribution >= 4 is 24.1 Å². The molecule has 0 saturated carbocycles. The van der Waals surface area contributed by atoms with Crippen LogP contribution in [0.5, 0.6) is 0 Å². The van der Waals surface area contributed by atoms with Gasteiger partial charge in [-0.1, -0.05) is 19.1 Å². The van der Waals surface area contributed by atoms with Gasteiger partial charge < -0.3 is 9.90 Å². The molecule has 6 nitrogen and oxygen atoms in total. The third kappa shape index (κ3) is 2.20. The lowest BCUT2D eigenvalue weighted by Gasteiger charge is -2.21. The van der Waals surface area contributed by atoms with Crippen molar-refractivity contribution in [2.75, 3.05) is 6.54 Å². The number of aldehydes is 1. The van der Waals surface area contributed by atoms with Gasteiger partial charge in [-0.25, -0.2) is 0 Å². The van der Waals surface area contributed by atoms with E-state index >= 15 is 0 Å². The number of imide groups is 1. The summed E-state index contributed by atoms with van der Waals surface area (Å²) in [4.78, 5) is 47.0. The molecule has 0 saturated heterocycles. The van der Waals surface area contributed by atoms with Gasteiger partial charge in [0.25, 0.3) is 11.8 Å². The van der Waals surface area contributed by atoms with Crippen molar-refractivity contribution in [1.82, 2.24) is 4.90 Å². The summed E-state index contributed by atoms with van der Waals surface area (Å²) in [5, 5.41) is 9.12. The minimum Gasteiger partial charge on any atom is -0.481 e. The van der Waals surface area contributed by atoms with Crippen molar-refractivity contribution in [2.45, 2.75) is 6.92 Å². The van der Waals surface area contributed by atoms with Crippen LogP contribution in [0.4, 0.5) is 0 Å². The van der Waals surface area contributed by atoms with Crippen molar-refractivity contribution in [1.29, 1.82) is 0 Å².